The van der Waals surface area contributed by atoms with Crippen LogP contribution in [0, 0.1) is 0 Å². The highest BCUT2D eigenvalue weighted by Gasteiger charge is 2.30. The van der Waals surface area contributed by atoms with Crippen molar-refractivity contribution in [2.45, 2.75) is 19.4 Å². The largest absolute Gasteiger partial charge is 0.486 e. The highest BCUT2D eigenvalue weighted by Crippen LogP contribution is 2.40. The molecular weight excluding hydrogens is 334 g/mol. The van der Waals surface area contributed by atoms with Gasteiger partial charge in [0.05, 0.1) is 11.1 Å². The van der Waals surface area contributed by atoms with Crippen molar-refractivity contribution in [2.24, 2.45) is 0 Å². The van der Waals surface area contributed by atoms with E-state index in [4.69, 9.17) is 21.1 Å². The first-order chi connectivity index (χ1) is 11.1. The van der Waals surface area contributed by atoms with E-state index in [9.17, 15) is 4.79 Å². The number of fused-ring (bicyclic) bond motifs is 2. The van der Waals surface area contributed by atoms with E-state index in [2.05, 4.69) is 18.4 Å². The fourth-order valence-electron chi connectivity index (χ4n) is 3.19. The lowest BCUT2D eigenvalue weighted by atomic mass is 10.00. The lowest BCUT2D eigenvalue weighted by Gasteiger charge is -2.34. The molecule has 120 valence electrons. The van der Waals surface area contributed by atoms with Crippen molar-refractivity contribution in [3.8, 4) is 11.5 Å². The number of hydrogen-bond donors (Lipinski definition) is 0. The van der Waals surface area contributed by atoms with Crippen LogP contribution in [0.3, 0.4) is 0 Å². The molecule has 1 amide bonds. The number of halogens is 1. The molecule has 4 nitrogen and oxygen atoms in total. The molecular formula is C17H16ClNO3S. The molecule has 0 N–H and O–H groups in total. The summed E-state index contributed by atoms with van der Waals surface area (Å²) in [6, 6.07) is 5.59. The van der Waals surface area contributed by atoms with Crippen LogP contribution in [0.2, 0.25) is 5.02 Å². The molecule has 23 heavy (non-hydrogen) atoms. The number of benzene rings is 1. The average molecular weight is 350 g/mol. The molecule has 0 saturated heterocycles. The summed E-state index contributed by atoms with van der Waals surface area (Å²) in [7, 11) is 0. The molecule has 2 aliphatic heterocycles. The maximum atomic E-state index is 13.0. The van der Waals surface area contributed by atoms with Crippen molar-refractivity contribution in [1.29, 1.82) is 0 Å². The van der Waals surface area contributed by atoms with Gasteiger partial charge < -0.3 is 14.4 Å². The Bertz CT molecular complexity index is 773. The number of thiophene rings is 1. The van der Waals surface area contributed by atoms with Gasteiger partial charge in [-0.3, -0.25) is 4.79 Å². The third kappa shape index (κ3) is 2.48. The van der Waals surface area contributed by atoms with Crippen molar-refractivity contribution < 1.29 is 14.3 Å². The zero-order chi connectivity index (χ0) is 16.0. The van der Waals surface area contributed by atoms with Crippen molar-refractivity contribution in [3.63, 3.8) is 0 Å². The molecule has 2 aromatic rings. The number of carbonyl (C=O) groups is 1. The molecule has 6 heteroatoms. The lowest BCUT2D eigenvalue weighted by molar-refractivity contribution is 0.0678. The fraction of sp³-hybridized carbons (Fsp3) is 0.353. The van der Waals surface area contributed by atoms with E-state index in [0.717, 1.165) is 13.0 Å². The average Bonchev–Trinajstić information content (AvgIpc) is 3.04. The Morgan fingerprint density at radius 1 is 1.35 bits per heavy atom. The Morgan fingerprint density at radius 2 is 2.17 bits per heavy atom. The summed E-state index contributed by atoms with van der Waals surface area (Å²) in [5, 5.41) is 2.52. The molecule has 0 aliphatic carbocycles. The van der Waals surface area contributed by atoms with Gasteiger partial charge in [0.2, 0.25) is 0 Å². The van der Waals surface area contributed by atoms with Crippen LogP contribution in [0.5, 0.6) is 11.5 Å². The zero-order valence-electron chi connectivity index (χ0n) is 12.7. The molecule has 0 radical (unpaired) electrons. The first kappa shape index (κ1) is 14.8. The van der Waals surface area contributed by atoms with Crippen molar-refractivity contribution in [2.75, 3.05) is 19.8 Å². The van der Waals surface area contributed by atoms with Gasteiger partial charge in [-0.25, -0.2) is 0 Å². The van der Waals surface area contributed by atoms with Crippen molar-refractivity contribution in [3.05, 3.63) is 44.6 Å². The maximum Gasteiger partial charge on any atom is 0.254 e. The number of nitrogens with zero attached hydrogens (tertiary/aromatic N) is 1. The predicted octanol–water partition coefficient (Wildman–Crippen LogP) is 3.93. The Hall–Kier alpha value is -1.72. The fourth-order valence-corrected chi connectivity index (χ4v) is 4.42. The minimum absolute atomic E-state index is 0.0202. The van der Waals surface area contributed by atoms with Gasteiger partial charge in [-0.05, 0) is 42.5 Å². The number of carbonyl (C=O) groups excluding carboxylic acids is 1. The Labute approximate surface area is 143 Å². The van der Waals surface area contributed by atoms with E-state index in [0.29, 0.717) is 35.3 Å². The van der Waals surface area contributed by atoms with E-state index in [-0.39, 0.29) is 11.9 Å². The van der Waals surface area contributed by atoms with Gasteiger partial charge in [-0.15, -0.1) is 11.3 Å². The van der Waals surface area contributed by atoms with Crippen molar-refractivity contribution in [1.82, 2.24) is 4.90 Å². The predicted molar refractivity (Wildman–Crippen MR) is 89.9 cm³/mol. The summed E-state index contributed by atoms with van der Waals surface area (Å²) < 4.78 is 11.1. The molecule has 0 unspecified atom stereocenters. The normalized spacial score (nSPS) is 19.4. The number of rotatable bonds is 1. The highest BCUT2D eigenvalue weighted by atomic mass is 35.5. The summed E-state index contributed by atoms with van der Waals surface area (Å²) in [5.41, 5.74) is 1.79. The van der Waals surface area contributed by atoms with E-state index in [1.165, 1.54) is 10.4 Å². The van der Waals surface area contributed by atoms with Crippen LogP contribution in [0.4, 0.5) is 0 Å². The summed E-state index contributed by atoms with van der Waals surface area (Å²) in [6.45, 7) is 3.74. The third-order valence-electron chi connectivity index (χ3n) is 4.38. The third-order valence-corrected chi connectivity index (χ3v) is 5.66. The summed E-state index contributed by atoms with van der Waals surface area (Å²) >= 11 is 8.02. The van der Waals surface area contributed by atoms with E-state index in [1.807, 2.05) is 4.90 Å². The number of amides is 1. The van der Waals surface area contributed by atoms with Gasteiger partial charge in [0.25, 0.3) is 5.91 Å². The van der Waals surface area contributed by atoms with E-state index >= 15 is 0 Å². The van der Waals surface area contributed by atoms with Gasteiger partial charge in [0.1, 0.15) is 13.2 Å². The molecule has 1 atom stereocenters. The van der Waals surface area contributed by atoms with E-state index < -0.39 is 0 Å². The monoisotopic (exact) mass is 349 g/mol. The lowest BCUT2D eigenvalue weighted by Crippen LogP contribution is -2.38. The highest BCUT2D eigenvalue weighted by molar-refractivity contribution is 7.10. The number of ether oxygens (including phenoxy) is 2. The Balaban J connectivity index is 1.66. The zero-order valence-corrected chi connectivity index (χ0v) is 14.2. The quantitative estimate of drug-likeness (QED) is 0.783. The second-order valence-electron chi connectivity index (χ2n) is 5.71. The van der Waals surface area contributed by atoms with Crippen LogP contribution in [0.15, 0.2) is 23.6 Å². The van der Waals surface area contributed by atoms with Crippen LogP contribution in [-0.2, 0) is 6.42 Å². The second kappa shape index (κ2) is 5.73. The Morgan fingerprint density at radius 3 is 3.04 bits per heavy atom. The molecule has 0 bridgehead atoms. The summed E-state index contributed by atoms with van der Waals surface area (Å²) in [6.07, 6.45) is 0.904. The molecule has 1 aromatic carbocycles. The summed E-state index contributed by atoms with van der Waals surface area (Å²) in [4.78, 5) is 16.2. The van der Waals surface area contributed by atoms with Gasteiger partial charge >= 0.3 is 0 Å². The molecule has 2 aliphatic rings. The standard InChI is InChI=1S/C17H16ClNO3S/c1-10-12-3-7-23-15(12)2-4-19(10)17(20)11-8-13(18)16-14(9-11)21-5-6-22-16/h3,7-10H,2,4-6H2,1H3/t10-/m0/s1. The summed E-state index contributed by atoms with van der Waals surface area (Å²) in [5.74, 6) is 1.06. The maximum absolute atomic E-state index is 13.0. The van der Waals surface area contributed by atoms with E-state index in [1.54, 1.807) is 23.5 Å². The minimum Gasteiger partial charge on any atom is -0.486 e. The first-order valence-corrected chi connectivity index (χ1v) is 8.87. The molecule has 1 aromatic heterocycles. The molecule has 4 rings (SSSR count). The van der Waals surface area contributed by atoms with Gasteiger partial charge in [-0.2, -0.15) is 0 Å². The molecule has 0 saturated carbocycles. The molecule has 0 fully saturated rings. The number of hydrogen-bond acceptors (Lipinski definition) is 4. The Kier molecular flexibility index (Phi) is 3.70. The first-order valence-electron chi connectivity index (χ1n) is 7.61. The van der Waals surface area contributed by atoms with Gasteiger partial charge in [0, 0.05) is 17.0 Å². The minimum atomic E-state index is -0.0202. The van der Waals surface area contributed by atoms with Crippen LogP contribution in [0.25, 0.3) is 0 Å². The topological polar surface area (TPSA) is 38.8 Å². The van der Waals surface area contributed by atoms with Crippen LogP contribution < -0.4 is 9.47 Å². The van der Waals surface area contributed by atoms with Gasteiger partial charge in [0.15, 0.2) is 11.5 Å². The van der Waals surface area contributed by atoms with Crippen LogP contribution >= 0.6 is 22.9 Å². The van der Waals surface area contributed by atoms with Gasteiger partial charge in [-0.1, -0.05) is 11.6 Å². The SMILES string of the molecule is C[C@H]1c2ccsc2CCN1C(=O)c1cc(Cl)c2c(c1)OCCO2. The van der Waals surface area contributed by atoms with Crippen molar-refractivity contribution >= 4 is 28.8 Å². The van der Waals surface area contributed by atoms with Crippen LogP contribution in [0.1, 0.15) is 33.8 Å². The molecule has 3 heterocycles. The second-order valence-corrected chi connectivity index (χ2v) is 7.11. The smallest absolute Gasteiger partial charge is 0.254 e. The van der Waals surface area contributed by atoms with Crippen LogP contribution in [-0.4, -0.2) is 30.6 Å². The molecule has 0 spiro atoms.